The third-order valence-electron chi connectivity index (χ3n) is 2.80. The Labute approximate surface area is 118 Å². The molecule has 1 aliphatic rings. The van der Waals surface area contributed by atoms with Crippen LogP contribution in [0.3, 0.4) is 0 Å². The molecule has 18 heavy (non-hydrogen) atoms. The highest BCUT2D eigenvalue weighted by Crippen LogP contribution is 2.23. The summed E-state index contributed by atoms with van der Waals surface area (Å²) in [7, 11) is 1.64. The van der Waals surface area contributed by atoms with Crippen LogP contribution in [0.2, 0.25) is 5.15 Å². The molecule has 2 rings (SSSR count). The molecule has 7 heteroatoms. The van der Waals surface area contributed by atoms with Crippen molar-refractivity contribution in [3.05, 3.63) is 21.9 Å². The molecule has 1 aromatic rings. The highest BCUT2D eigenvalue weighted by atomic mass is 79.9. The highest BCUT2D eigenvalue weighted by molar-refractivity contribution is 9.10. The van der Waals surface area contributed by atoms with Gasteiger partial charge in [-0.1, -0.05) is 11.6 Å². The van der Waals surface area contributed by atoms with Gasteiger partial charge >= 0.3 is 0 Å². The van der Waals surface area contributed by atoms with Gasteiger partial charge in [0.15, 0.2) is 5.15 Å². The summed E-state index contributed by atoms with van der Waals surface area (Å²) in [4.78, 5) is 16.0. The van der Waals surface area contributed by atoms with Crippen LogP contribution in [0.1, 0.15) is 6.42 Å². The largest absolute Gasteiger partial charge is 0.380 e. The molecule has 0 spiro atoms. The monoisotopic (exact) mass is 333 g/mol. The molecule has 98 valence electrons. The minimum atomic E-state index is -0.259. The van der Waals surface area contributed by atoms with E-state index < -0.39 is 0 Å². The van der Waals surface area contributed by atoms with E-state index in [0.717, 1.165) is 4.47 Å². The number of aromatic nitrogens is 1. The normalized spacial score (nSPS) is 23.1. The van der Waals surface area contributed by atoms with E-state index in [0.29, 0.717) is 18.7 Å². The Balaban J connectivity index is 2.01. The first-order valence-electron chi connectivity index (χ1n) is 5.48. The Morgan fingerprint density at radius 3 is 3.17 bits per heavy atom. The van der Waals surface area contributed by atoms with E-state index in [1.165, 1.54) is 0 Å². The standard InChI is InChI=1S/C11H13BrClN3O2/c1-18-7-3-9(14-5-7)11(17)16-8-2-6(12)4-15-10(8)13/h2,4,7,9,14H,3,5H2,1H3,(H,16,17). The summed E-state index contributed by atoms with van der Waals surface area (Å²) in [5.41, 5.74) is 0.499. The Bertz CT molecular complexity index is 458. The summed E-state index contributed by atoms with van der Waals surface area (Å²) >= 11 is 9.19. The topological polar surface area (TPSA) is 63.2 Å². The van der Waals surface area contributed by atoms with Crippen molar-refractivity contribution in [3.63, 3.8) is 0 Å². The van der Waals surface area contributed by atoms with Gasteiger partial charge in [0.2, 0.25) is 5.91 Å². The van der Waals surface area contributed by atoms with Crippen molar-refractivity contribution in [1.29, 1.82) is 0 Å². The summed E-state index contributed by atoms with van der Waals surface area (Å²) in [5.74, 6) is -0.128. The Kier molecular flexibility index (Phi) is 4.55. The molecule has 0 radical (unpaired) electrons. The zero-order chi connectivity index (χ0) is 13.1. The lowest BCUT2D eigenvalue weighted by Crippen LogP contribution is -2.35. The van der Waals surface area contributed by atoms with Gasteiger partial charge in [0.1, 0.15) is 0 Å². The van der Waals surface area contributed by atoms with E-state index >= 15 is 0 Å². The van der Waals surface area contributed by atoms with E-state index in [9.17, 15) is 4.79 Å². The Hall–Kier alpha value is -0.690. The first-order chi connectivity index (χ1) is 8.60. The van der Waals surface area contributed by atoms with Gasteiger partial charge in [0.25, 0.3) is 0 Å². The second kappa shape index (κ2) is 5.97. The maximum absolute atomic E-state index is 12.0. The molecule has 0 bridgehead atoms. The summed E-state index contributed by atoms with van der Waals surface area (Å²) in [5, 5.41) is 6.13. The minimum absolute atomic E-state index is 0.0804. The molecule has 0 aromatic carbocycles. The number of ether oxygens (including phenoxy) is 1. The average Bonchev–Trinajstić information content (AvgIpc) is 2.82. The number of carbonyl (C=O) groups excluding carboxylic acids is 1. The van der Waals surface area contributed by atoms with E-state index in [-0.39, 0.29) is 23.2 Å². The van der Waals surface area contributed by atoms with Crippen LogP contribution in [0.25, 0.3) is 0 Å². The number of carbonyl (C=O) groups is 1. The van der Waals surface area contributed by atoms with Gasteiger partial charge < -0.3 is 15.4 Å². The zero-order valence-electron chi connectivity index (χ0n) is 9.74. The fraction of sp³-hybridized carbons (Fsp3) is 0.455. The lowest BCUT2D eigenvalue weighted by atomic mass is 10.2. The van der Waals surface area contributed by atoms with Gasteiger partial charge in [-0.05, 0) is 28.4 Å². The number of rotatable bonds is 3. The maximum Gasteiger partial charge on any atom is 0.241 e. The molecule has 1 amide bonds. The third-order valence-corrected chi connectivity index (χ3v) is 3.54. The fourth-order valence-electron chi connectivity index (χ4n) is 1.81. The van der Waals surface area contributed by atoms with Crippen LogP contribution in [0.4, 0.5) is 5.69 Å². The number of anilines is 1. The molecule has 0 aliphatic carbocycles. The minimum Gasteiger partial charge on any atom is -0.380 e. The van der Waals surface area contributed by atoms with E-state index in [2.05, 4.69) is 31.5 Å². The number of nitrogens with one attached hydrogen (secondary N) is 2. The van der Waals surface area contributed by atoms with Crippen molar-refractivity contribution >= 4 is 39.1 Å². The van der Waals surface area contributed by atoms with Crippen molar-refractivity contribution in [2.75, 3.05) is 19.0 Å². The lowest BCUT2D eigenvalue weighted by molar-refractivity contribution is -0.118. The van der Waals surface area contributed by atoms with Crippen LogP contribution in [-0.4, -0.2) is 36.7 Å². The molecule has 2 atom stereocenters. The van der Waals surface area contributed by atoms with Crippen LogP contribution in [-0.2, 0) is 9.53 Å². The number of halogens is 2. The van der Waals surface area contributed by atoms with Gasteiger partial charge in [-0.2, -0.15) is 0 Å². The van der Waals surface area contributed by atoms with Gasteiger partial charge in [-0.15, -0.1) is 0 Å². The molecule has 2 heterocycles. The van der Waals surface area contributed by atoms with Crippen LogP contribution in [0.5, 0.6) is 0 Å². The maximum atomic E-state index is 12.0. The zero-order valence-corrected chi connectivity index (χ0v) is 12.1. The predicted molar refractivity (Wildman–Crippen MR) is 72.8 cm³/mol. The molecule has 2 N–H and O–H groups in total. The summed E-state index contributed by atoms with van der Waals surface area (Å²) < 4.78 is 5.96. The molecule has 1 aliphatic heterocycles. The van der Waals surface area contributed by atoms with E-state index in [1.807, 2.05) is 0 Å². The number of methoxy groups -OCH3 is 1. The average molecular weight is 335 g/mol. The first-order valence-corrected chi connectivity index (χ1v) is 6.65. The Morgan fingerprint density at radius 1 is 1.72 bits per heavy atom. The molecular formula is C11H13BrClN3O2. The molecule has 1 aromatic heterocycles. The quantitative estimate of drug-likeness (QED) is 0.828. The molecule has 5 nitrogen and oxygen atoms in total. The van der Waals surface area contributed by atoms with Crippen molar-refractivity contribution in [1.82, 2.24) is 10.3 Å². The summed E-state index contributed by atoms with van der Waals surface area (Å²) in [6.07, 6.45) is 2.31. The highest BCUT2D eigenvalue weighted by Gasteiger charge is 2.29. The van der Waals surface area contributed by atoms with Crippen LogP contribution in [0, 0.1) is 0 Å². The van der Waals surface area contributed by atoms with Gasteiger partial charge in [0.05, 0.1) is 17.8 Å². The van der Waals surface area contributed by atoms with Crippen molar-refractivity contribution in [2.45, 2.75) is 18.6 Å². The van der Waals surface area contributed by atoms with Crippen LogP contribution < -0.4 is 10.6 Å². The van der Waals surface area contributed by atoms with Gasteiger partial charge in [-0.3, -0.25) is 4.79 Å². The smallest absolute Gasteiger partial charge is 0.241 e. The molecule has 0 saturated carbocycles. The number of nitrogens with zero attached hydrogens (tertiary/aromatic N) is 1. The molecule has 1 saturated heterocycles. The second-order valence-electron chi connectivity index (χ2n) is 4.04. The van der Waals surface area contributed by atoms with Crippen LogP contribution in [0.15, 0.2) is 16.7 Å². The summed E-state index contributed by atoms with van der Waals surface area (Å²) in [6.45, 7) is 0.680. The molecule has 2 unspecified atom stereocenters. The van der Waals surface area contributed by atoms with E-state index in [1.54, 1.807) is 19.4 Å². The predicted octanol–water partition coefficient (Wildman–Crippen LogP) is 1.81. The van der Waals surface area contributed by atoms with Gasteiger partial charge in [0, 0.05) is 24.3 Å². The second-order valence-corrected chi connectivity index (χ2v) is 5.31. The van der Waals surface area contributed by atoms with Crippen molar-refractivity contribution in [3.8, 4) is 0 Å². The summed E-state index contributed by atoms with van der Waals surface area (Å²) in [6, 6.07) is 1.46. The van der Waals surface area contributed by atoms with Crippen LogP contribution >= 0.6 is 27.5 Å². The molecule has 1 fully saturated rings. The number of pyridine rings is 1. The number of amides is 1. The fourth-order valence-corrected chi connectivity index (χ4v) is 2.29. The van der Waals surface area contributed by atoms with Gasteiger partial charge in [-0.25, -0.2) is 4.98 Å². The molecular weight excluding hydrogens is 321 g/mol. The van der Waals surface area contributed by atoms with Crippen molar-refractivity contribution in [2.24, 2.45) is 0 Å². The first kappa shape index (κ1) is 13.7. The van der Waals surface area contributed by atoms with Crippen molar-refractivity contribution < 1.29 is 9.53 Å². The number of hydrogen-bond acceptors (Lipinski definition) is 4. The number of hydrogen-bond donors (Lipinski definition) is 2. The Morgan fingerprint density at radius 2 is 2.50 bits per heavy atom. The lowest BCUT2D eigenvalue weighted by Gasteiger charge is -2.12. The third kappa shape index (κ3) is 3.20. The SMILES string of the molecule is COC1CNC(C(=O)Nc2cc(Br)cnc2Cl)C1. The van der Waals surface area contributed by atoms with E-state index in [4.69, 9.17) is 16.3 Å².